The van der Waals surface area contributed by atoms with Gasteiger partial charge in [0, 0.05) is 23.8 Å². The first-order chi connectivity index (χ1) is 15.0. The van der Waals surface area contributed by atoms with Crippen molar-refractivity contribution in [3.63, 3.8) is 0 Å². The van der Waals surface area contributed by atoms with E-state index in [1.165, 1.54) is 17.8 Å². The Hall–Kier alpha value is -3.59. The quantitative estimate of drug-likeness (QED) is 0.359. The van der Waals surface area contributed by atoms with Gasteiger partial charge >= 0.3 is 0 Å². The third-order valence-electron chi connectivity index (χ3n) is 4.57. The third-order valence-corrected chi connectivity index (χ3v) is 5.45. The standard InChI is InChI=1S/C22H19FN6OS/c1-14-4-8-17(9-5-14)29-19(13-31-22-24-10-3-11-25-22)20(27-28-29)21(30)26-16-7-6-15(2)18(23)12-16/h3-12H,13H2,1-2H3,(H,26,30). The summed E-state index contributed by atoms with van der Waals surface area (Å²) in [4.78, 5) is 21.4. The number of nitrogens with one attached hydrogen (secondary N) is 1. The van der Waals surface area contributed by atoms with E-state index in [1.807, 2.05) is 31.2 Å². The van der Waals surface area contributed by atoms with Crippen LogP contribution in [0.2, 0.25) is 0 Å². The molecule has 4 aromatic rings. The lowest BCUT2D eigenvalue weighted by atomic mass is 10.2. The Balaban J connectivity index is 1.66. The summed E-state index contributed by atoms with van der Waals surface area (Å²) < 4.78 is 15.5. The largest absolute Gasteiger partial charge is 0.320 e. The van der Waals surface area contributed by atoms with Crippen LogP contribution in [-0.4, -0.2) is 30.9 Å². The van der Waals surface area contributed by atoms with Crippen molar-refractivity contribution in [3.8, 4) is 5.69 Å². The van der Waals surface area contributed by atoms with Crippen molar-refractivity contribution in [2.45, 2.75) is 24.8 Å². The second-order valence-corrected chi connectivity index (χ2v) is 7.81. The zero-order chi connectivity index (χ0) is 21.8. The highest BCUT2D eigenvalue weighted by Gasteiger charge is 2.21. The molecule has 0 saturated heterocycles. The van der Waals surface area contributed by atoms with Crippen molar-refractivity contribution < 1.29 is 9.18 Å². The van der Waals surface area contributed by atoms with Gasteiger partial charge in [0.1, 0.15) is 5.82 Å². The lowest BCUT2D eigenvalue weighted by Gasteiger charge is -2.09. The molecular formula is C22H19FN6OS. The molecule has 0 atom stereocenters. The first-order valence-corrected chi connectivity index (χ1v) is 10.5. The van der Waals surface area contributed by atoms with Crippen molar-refractivity contribution in [1.29, 1.82) is 0 Å². The van der Waals surface area contributed by atoms with E-state index in [0.29, 0.717) is 27.9 Å². The lowest BCUT2D eigenvalue weighted by Crippen LogP contribution is -2.15. The van der Waals surface area contributed by atoms with E-state index in [-0.39, 0.29) is 5.69 Å². The van der Waals surface area contributed by atoms with Gasteiger partial charge in [-0.2, -0.15) is 0 Å². The minimum atomic E-state index is -0.466. The molecule has 2 aromatic carbocycles. The number of halogens is 1. The molecule has 1 amide bonds. The van der Waals surface area contributed by atoms with Gasteiger partial charge in [0.05, 0.1) is 11.4 Å². The fourth-order valence-corrected chi connectivity index (χ4v) is 3.65. The van der Waals surface area contributed by atoms with E-state index in [2.05, 4.69) is 25.6 Å². The molecule has 0 fully saturated rings. The summed E-state index contributed by atoms with van der Waals surface area (Å²) in [6.45, 7) is 3.66. The molecule has 2 heterocycles. The molecule has 31 heavy (non-hydrogen) atoms. The number of benzene rings is 2. The molecule has 2 aromatic heterocycles. The van der Waals surface area contributed by atoms with Crippen LogP contribution in [0.1, 0.15) is 27.3 Å². The number of anilines is 1. The highest BCUT2D eigenvalue weighted by atomic mass is 32.2. The van der Waals surface area contributed by atoms with Crippen LogP contribution < -0.4 is 5.32 Å². The summed E-state index contributed by atoms with van der Waals surface area (Å²) in [5.74, 6) is -0.486. The molecule has 0 aliphatic heterocycles. The highest BCUT2D eigenvalue weighted by Crippen LogP contribution is 2.24. The molecule has 0 spiro atoms. The lowest BCUT2D eigenvalue weighted by molar-refractivity contribution is 0.102. The summed E-state index contributed by atoms with van der Waals surface area (Å²) in [5, 5.41) is 11.6. The molecule has 0 bridgehead atoms. The van der Waals surface area contributed by atoms with Crippen molar-refractivity contribution in [3.05, 3.63) is 89.3 Å². The van der Waals surface area contributed by atoms with Crippen LogP contribution in [0, 0.1) is 19.7 Å². The molecule has 0 radical (unpaired) electrons. The maximum Gasteiger partial charge on any atom is 0.278 e. The van der Waals surface area contributed by atoms with Crippen LogP contribution in [0.25, 0.3) is 5.69 Å². The van der Waals surface area contributed by atoms with E-state index in [9.17, 15) is 9.18 Å². The van der Waals surface area contributed by atoms with E-state index in [1.54, 1.807) is 42.2 Å². The first kappa shape index (κ1) is 20.7. The van der Waals surface area contributed by atoms with Crippen LogP contribution in [0.5, 0.6) is 0 Å². The number of carbonyl (C=O) groups is 1. The second kappa shape index (κ2) is 9.05. The number of aromatic nitrogens is 5. The number of nitrogens with zero attached hydrogens (tertiary/aromatic N) is 5. The Morgan fingerprint density at radius 1 is 1.10 bits per heavy atom. The maximum atomic E-state index is 13.9. The number of rotatable bonds is 6. The first-order valence-electron chi connectivity index (χ1n) is 9.50. The molecule has 7 nitrogen and oxygen atoms in total. The molecule has 9 heteroatoms. The van der Waals surface area contributed by atoms with Crippen molar-refractivity contribution >= 4 is 23.4 Å². The number of hydrogen-bond donors (Lipinski definition) is 1. The van der Waals surface area contributed by atoms with Gasteiger partial charge in [0.15, 0.2) is 10.9 Å². The van der Waals surface area contributed by atoms with Gasteiger partial charge in [-0.05, 0) is 49.7 Å². The Bertz CT molecular complexity index is 1210. The van der Waals surface area contributed by atoms with E-state index >= 15 is 0 Å². The predicted octanol–water partition coefficient (Wildman–Crippen LogP) is 4.36. The van der Waals surface area contributed by atoms with Gasteiger partial charge in [-0.25, -0.2) is 19.0 Å². The number of amides is 1. The average molecular weight is 435 g/mol. The summed E-state index contributed by atoms with van der Waals surface area (Å²) in [6, 6.07) is 14.0. The fraction of sp³-hybridized carbons (Fsp3) is 0.136. The van der Waals surface area contributed by atoms with Gasteiger partial charge in [-0.3, -0.25) is 4.79 Å². The molecule has 0 saturated carbocycles. The number of aryl methyl sites for hydroxylation is 2. The van der Waals surface area contributed by atoms with Gasteiger partial charge in [0.2, 0.25) is 0 Å². The Labute approximate surface area is 182 Å². The van der Waals surface area contributed by atoms with Gasteiger partial charge in [-0.15, -0.1) is 5.10 Å². The van der Waals surface area contributed by atoms with Crippen LogP contribution in [0.15, 0.2) is 66.1 Å². The molecule has 0 aliphatic carbocycles. The molecule has 1 N–H and O–H groups in total. The zero-order valence-electron chi connectivity index (χ0n) is 16.9. The topological polar surface area (TPSA) is 85.6 Å². The predicted molar refractivity (Wildman–Crippen MR) is 117 cm³/mol. The van der Waals surface area contributed by atoms with Crippen LogP contribution >= 0.6 is 11.8 Å². The maximum absolute atomic E-state index is 13.9. The van der Waals surface area contributed by atoms with Gasteiger partial charge < -0.3 is 5.32 Å². The monoisotopic (exact) mass is 434 g/mol. The smallest absolute Gasteiger partial charge is 0.278 e. The van der Waals surface area contributed by atoms with Crippen molar-refractivity contribution in [2.24, 2.45) is 0 Å². The molecular weight excluding hydrogens is 415 g/mol. The van der Waals surface area contributed by atoms with Crippen molar-refractivity contribution in [1.82, 2.24) is 25.0 Å². The second-order valence-electron chi connectivity index (χ2n) is 6.87. The van der Waals surface area contributed by atoms with E-state index in [0.717, 1.165) is 11.3 Å². The number of hydrogen-bond acceptors (Lipinski definition) is 6. The van der Waals surface area contributed by atoms with E-state index < -0.39 is 11.7 Å². The minimum Gasteiger partial charge on any atom is -0.320 e. The summed E-state index contributed by atoms with van der Waals surface area (Å²) in [6.07, 6.45) is 3.31. The SMILES string of the molecule is Cc1ccc(-n2nnc(C(=O)Nc3ccc(C)c(F)c3)c2CSc2ncccn2)cc1. The minimum absolute atomic E-state index is 0.157. The number of thioether (sulfide) groups is 1. The molecule has 4 rings (SSSR count). The summed E-state index contributed by atoms with van der Waals surface area (Å²) in [7, 11) is 0. The highest BCUT2D eigenvalue weighted by molar-refractivity contribution is 7.98. The van der Waals surface area contributed by atoms with Crippen LogP contribution in [0.4, 0.5) is 10.1 Å². The Morgan fingerprint density at radius 2 is 1.84 bits per heavy atom. The summed E-state index contributed by atoms with van der Waals surface area (Å²) in [5.41, 5.74) is 3.49. The fourth-order valence-electron chi connectivity index (χ4n) is 2.85. The van der Waals surface area contributed by atoms with Crippen molar-refractivity contribution in [2.75, 3.05) is 5.32 Å². The summed E-state index contributed by atoms with van der Waals surface area (Å²) >= 11 is 1.37. The van der Waals surface area contributed by atoms with Gasteiger partial charge in [0.25, 0.3) is 5.91 Å². The normalized spacial score (nSPS) is 10.8. The molecule has 0 unspecified atom stereocenters. The van der Waals surface area contributed by atoms with Crippen LogP contribution in [-0.2, 0) is 5.75 Å². The average Bonchev–Trinajstić information content (AvgIpc) is 3.20. The number of carbonyl (C=O) groups excluding carboxylic acids is 1. The van der Waals surface area contributed by atoms with Crippen LogP contribution in [0.3, 0.4) is 0 Å². The van der Waals surface area contributed by atoms with Gasteiger partial charge in [-0.1, -0.05) is 40.7 Å². The Morgan fingerprint density at radius 3 is 2.55 bits per heavy atom. The van der Waals surface area contributed by atoms with E-state index in [4.69, 9.17) is 0 Å². The zero-order valence-corrected chi connectivity index (χ0v) is 17.7. The third kappa shape index (κ3) is 4.77. The molecule has 156 valence electrons. The Kier molecular flexibility index (Phi) is 6.03. The molecule has 0 aliphatic rings.